The summed E-state index contributed by atoms with van der Waals surface area (Å²) in [7, 11) is 0. The molecule has 84 valence electrons. The molecule has 1 aliphatic carbocycles. The van der Waals surface area contributed by atoms with E-state index in [1.807, 2.05) is 6.07 Å². The van der Waals surface area contributed by atoms with Crippen LogP contribution in [-0.4, -0.2) is 20.8 Å². The highest BCUT2D eigenvalue weighted by Gasteiger charge is 2.20. The summed E-state index contributed by atoms with van der Waals surface area (Å²) in [6.07, 6.45) is 7.56. The molecule has 1 N–H and O–H groups in total. The Hall–Kier alpha value is -1.62. The van der Waals surface area contributed by atoms with Gasteiger partial charge in [0.1, 0.15) is 25.0 Å². The van der Waals surface area contributed by atoms with Gasteiger partial charge in [-0.2, -0.15) is 5.10 Å². The van der Waals surface area contributed by atoms with Crippen LogP contribution in [0.4, 0.5) is 0 Å². The number of hydrogen-bond acceptors (Lipinski definition) is 4. The van der Waals surface area contributed by atoms with E-state index >= 15 is 0 Å². The summed E-state index contributed by atoms with van der Waals surface area (Å²) in [4.78, 5) is 3.91. The first kappa shape index (κ1) is 9.59. The van der Waals surface area contributed by atoms with Gasteiger partial charge >= 0.3 is 0 Å². The Morgan fingerprint density at radius 1 is 1.50 bits per heavy atom. The van der Waals surface area contributed by atoms with Crippen molar-refractivity contribution in [3.05, 3.63) is 36.3 Å². The lowest BCUT2D eigenvalue weighted by Gasteiger charge is -2.03. The summed E-state index contributed by atoms with van der Waals surface area (Å²) < 4.78 is 7.23. The third kappa shape index (κ3) is 2.14. The summed E-state index contributed by atoms with van der Waals surface area (Å²) in [6, 6.07) is 2.73. The Kier molecular flexibility index (Phi) is 2.46. The first-order chi connectivity index (χ1) is 7.92. The van der Waals surface area contributed by atoms with Gasteiger partial charge in [-0.05, 0) is 18.9 Å². The van der Waals surface area contributed by atoms with Gasteiger partial charge in [-0.1, -0.05) is 0 Å². The molecule has 0 aliphatic heterocycles. The number of furan rings is 1. The highest BCUT2D eigenvalue weighted by molar-refractivity contribution is 5.17. The van der Waals surface area contributed by atoms with Gasteiger partial charge < -0.3 is 9.73 Å². The van der Waals surface area contributed by atoms with Crippen LogP contribution in [0.3, 0.4) is 0 Å². The molecular formula is C11H14N4O. The first-order valence-corrected chi connectivity index (χ1v) is 5.53. The first-order valence-electron chi connectivity index (χ1n) is 5.53. The SMILES string of the molecule is c1ncn(Cc2occc2CNC2CC2)n1. The summed E-state index contributed by atoms with van der Waals surface area (Å²) in [5.41, 5.74) is 1.21. The van der Waals surface area contributed by atoms with Crippen LogP contribution in [0.25, 0.3) is 0 Å². The largest absolute Gasteiger partial charge is 0.467 e. The molecular weight excluding hydrogens is 204 g/mol. The van der Waals surface area contributed by atoms with Gasteiger partial charge in [-0.3, -0.25) is 0 Å². The second-order valence-electron chi connectivity index (χ2n) is 4.12. The van der Waals surface area contributed by atoms with E-state index in [1.165, 1.54) is 24.7 Å². The van der Waals surface area contributed by atoms with E-state index in [9.17, 15) is 0 Å². The molecule has 0 saturated heterocycles. The van der Waals surface area contributed by atoms with Crippen molar-refractivity contribution in [2.75, 3.05) is 0 Å². The van der Waals surface area contributed by atoms with E-state index in [-0.39, 0.29) is 0 Å². The van der Waals surface area contributed by atoms with Crippen molar-refractivity contribution < 1.29 is 4.42 Å². The van der Waals surface area contributed by atoms with Gasteiger partial charge in [-0.25, -0.2) is 9.67 Å². The van der Waals surface area contributed by atoms with Crippen LogP contribution in [0.15, 0.2) is 29.4 Å². The Morgan fingerprint density at radius 3 is 3.19 bits per heavy atom. The number of nitrogens with zero attached hydrogens (tertiary/aromatic N) is 3. The van der Waals surface area contributed by atoms with Crippen LogP contribution in [0.2, 0.25) is 0 Å². The van der Waals surface area contributed by atoms with Crippen molar-refractivity contribution in [1.82, 2.24) is 20.1 Å². The maximum Gasteiger partial charge on any atom is 0.137 e. The number of rotatable bonds is 5. The second-order valence-corrected chi connectivity index (χ2v) is 4.12. The maximum atomic E-state index is 5.46. The molecule has 3 rings (SSSR count). The normalized spacial score (nSPS) is 15.5. The molecule has 2 aromatic rings. The van der Waals surface area contributed by atoms with Gasteiger partial charge in [0.2, 0.25) is 0 Å². The van der Waals surface area contributed by atoms with Crippen LogP contribution in [-0.2, 0) is 13.1 Å². The number of nitrogens with one attached hydrogen (secondary N) is 1. The van der Waals surface area contributed by atoms with Crippen molar-refractivity contribution in [2.45, 2.75) is 32.0 Å². The van der Waals surface area contributed by atoms with E-state index < -0.39 is 0 Å². The highest BCUT2D eigenvalue weighted by atomic mass is 16.3. The Labute approximate surface area is 93.5 Å². The van der Waals surface area contributed by atoms with Crippen molar-refractivity contribution in [3.8, 4) is 0 Å². The summed E-state index contributed by atoms with van der Waals surface area (Å²) in [5.74, 6) is 0.957. The van der Waals surface area contributed by atoms with Crippen molar-refractivity contribution in [3.63, 3.8) is 0 Å². The zero-order chi connectivity index (χ0) is 10.8. The summed E-state index contributed by atoms with van der Waals surface area (Å²) in [5, 5.41) is 7.54. The molecule has 5 heteroatoms. The molecule has 0 amide bonds. The van der Waals surface area contributed by atoms with Crippen LogP contribution in [0.5, 0.6) is 0 Å². The molecule has 1 fully saturated rings. The zero-order valence-corrected chi connectivity index (χ0v) is 8.97. The van der Waals surface area contributed by atoms with Gasteiger partial charge in [0.05, 0.1) is 6.26 Å². The lowest BCUT2D eigenvalue weighted by Crippen LogP contribution is -2.16. The summed E-state index contributed by atoms with van der Waals surface area (Å²) >= 11 is 0. The van der Waals surface area contributed by atoms with Crippen LogP contribution >= 0.6 is 0 Å². The fourth-order valence-electron chi connectivity index (χ4n) is 1.67. The predicted molar refractivity (Wildman–Crippen MR) is 57.7 cm³/mol. The second kappa shape index (κ2) is 4.09. The average Bonchev–Trinajstić information content (AvgIpc) is 2.79. The standard InChI is InChI=1S/C11H14N4O/c1-2-10(1)13-5-9-3-4-16-11(9)6-15-8-12-7-14-15/h3-4,7-8,10,13H,1-2,5-6H2. The lowest BCUT2D eigenvalue weighted by atomic mass is 10.2. The predicted octanol–water partition coefficient (Wildman–Crippen LogP) is 1.17. The molecule has 0 spiro atoms. The highest BCUT2D eigenvalue weighted by Crippen LogP contribution is 2.20. The molecule has 0 radical (unpaired) electrons. The molecule has 2 aromatic heterocycles. The fraction of sp³-hybridized carbons (Fsp3) is 0.455. The van der Waals surface area contributed by atoms with Crippen molar-refractivity contribution >= 4 is 0 Å². The van der Waals surface area contributed by atoms with Gasteiger partial charge in [0.25, 0.3) is 0 Å². The fourth-order valence-corrected chi connectivity index (χ4v) is 1.67. The van der Waals surface area contributed by atoms with E-state index in [1.54, 1.807) is 17.3 Å². The minimum Gasteiger partial charge on any atom is -0.467 e. The lowest BCUT2D eigenvalue weighted by molar-refractivity contribution is 0.472. The van der Waals surface area contributed by atoms with Gasteiger partial charge in [-0.15, -0.1) is 0 Å². The topological polar surface area (TPSA) is 55.9 Å². The van der Waals surface area contributed by atoms with Gasteiger partial charge in [0, 0.05) is 18.2 Å². The molecule has 0 unspecified atom stereocenters. The number of hydrogen-bond donors (Lipinski definition) is 1. The van der Waals surface area contributed by atoms with E-state index in [0.29, 0.717) is 12.6 Å². The van der Waals surface area contributed by atoms with Crippen LogP contribution < -0.4 is 5.32 Å². The molecule has 1 saturated carbocycles. The Bertz CT molecular complexity index is 444. The van der Waals surface area contributed by atoms with Crippen molar-refractivity contribution in [2.24, 2.45) is 0 Å². The third-order valence-corrected chi connectivity index (χ3v) is 2.77. The van der Waals surface area contributed by atoms with E-state index in [2.05, 4.69) is 15.4 Å². The molecule has 1 aliphatic rings. The Balaban J connectivity index is 1.66. The molecule has 16 heavy (non-hydrogen) atoms. The molecule has 5 nitrogen and oxygen atoms in total. The minimum atomic E-state index is 0.648. The third-order valence-electron chi connectivity index (χ3n) is 2.77. The number of aromatic nitrogens is 3. The van der Waals surface area contributed by atoms with Crippen LogP contribution in [0.1, 0.15) is 24.2 Å². The van der Waals surface area contributed by atoms with Gasteiger partial charge in [0.15, 0.2) is 0 Å². The van der Waals surface area contributed by atoms with Crippen LogP contribution in [0, 0.1) is 0 Å². The minimum absolute atomic E-state index is 0.648. The maximum absolute atomic E-state index is 5.46. The van der Waals surface area contributed by atoms with E-state index in [0.717, 1.165) is 12.3 Å². The molecule has 0 atom stereocenters. The Morgan fingerprint density at radius 2 is 2.44 bits per heavy atom. The van der Waals surface area contributed by atoms with Crippen molar-refractivity contribution in [1.29, 1.82) is 0 Å². The average molecular weight is 218 g/mol. The molecule has 0 aromatic carbocycles. The molecule has 2 heterocycles. The van der Waals surface area contributed by atoms with E-state index in [4.69, 9.17) is 4.42 Å². The quantitative estimate of drug-likeness (QED) is 0.818. The summed E-state index contributed by atoms with van der Waals surface area (Å²) in [6.45, 7) is 1.53. The molecule has 0 bridgehead atoms. The smallest absolute Gasteiger partial charge is 0.137 e. The zero-order valence-electron chi connectivity index (χ0n) is 8.97. The monoisotopic (exact) mass is 218 g/mol.